The molecule has 1 aliphatic rings. The Morgan fingerprint density at radius 1 is 0.562 bits per heavy atom. The van der Waals surface area contributed by atoms with Crippen LogP contribution in [0.3, 0.4) is 0 Å². The van der Waals surface area contributed by atoms with Gasteiger partial charge in [-0.1, -0.05) is 54.6 Å². The normalized spacial score (nSPS) is 22.8. The fourth-order valence-corrected chi connectivity index (χ4v) is 8.11. The number of aromatic hydroxyl groups is 1. The van der Waals surface area contributed by atoms with Gasteiger partial charge in [-0.25, -0.2) is 0 Å². The van der Waals surface area contributed by atoms with Gasteiger partial charge >= 0.3 is 11.9 Å². The number of rotatable bonds is 20. The first-order chi connectivity index (χ1) is 38.0. The molecule has 1 fully saturated rings. The van der Waals surface area contributed by atoms with Gasteiger partial charge in [-0.05, 0) is 29.7 Å². The number of carbonyl (C=O) groups is 13. The Morgan fingerprint density at radius 3 is 1.56 bits per heavy atom. The highest BCUT2D eigenvalue weighted by atomic mass is 32.2. The highest BCUT2D eigenvalue weighted by Crippen LogP contribution is 2.13. The number of amides is 11. The smallest absolute Gasteiger partial charge is 0.305 e. The molecular weight excluding hydrogens is 1070 g/mol. The van der Waals surface area contributed by atoms with E-state index in [9.17, 15) is 77.6 Å². The van der Waals surface area contributed by atoms with Gasteiger partial charge < -0.3 is 84.1 Å². The predicted octanol–water partition coefficient (Wildman–Crippen LogP) is -4.98. The summed E-state index contributed by atoms with van der Waals surface area (Å²) in [5.74, 6) is -16.5. The van der Waals surface area contributed by atoms with Gasteiger partial charge in [0, 0.05) is 25.0 Å². The van der Waals surface area contributed by atoms with Crippen molar-refractivity contribution in [2.45, 2.75) is 86.9 Å². The summed E-state index contributed by atoms with van der Waals surface area (Å²) in [6.45, 7) is 4.72. The lowest BCUT2D eigenvalue weighted by Crippen LogP contribution is -2.61. The molecular formula is C50H65N11O18S. The predicted molar refractivity (Wildman–Crippen MR) is 282 cm³/mol. The van der Waals surface area contributed by atoms with E-state index in [2.05, 4.69) is 61.0 Å². The summed E-state index contributed by atoms with van der Waals surface area (Å²) in [6, 6.07) is -0.426. The first kappa shape index (κ1) is 65.4. The van der Waals surface area contributed by atoms with E-state index < -0.39 is 183 Å². The number of thioether (sulfide) groups is 1. The van der Waals surface area contributed by atoms with Gasteiger partial charge in [0.15, 0.2) is 0 Å². The van der Waals surface area contributed by atoms with E-state index in [1.54, 1.807) is 30.3 Å². The van der Waals surface area contributed by atoms with Gasteiger partial charge in [-0.3, -0.25) is 62.3 Å². The van der Waals surface area contributed by atoms with Gasteiger partial charge in [0.2, 0.25) is 65.0 Å². The van der Waals surface area contributed by atoms with Crippen LogP contribution in [0.4, 0.5) is 0 Å². The third-order valence-corrected chi connectivity index (χ3v) is 12.2. The van der Waals surface area contributed by atoms with Crippen LogP contribution in [0.5, 0.6) is 5.75 Å². The summed E-state index contributed by atoms with van der Waals surface area (Å²) in [5, 5.41) is 50.2. The Kier molecular flexibility index (Phi) is 27.9. The molecule has 16 N–H and O–H groups in total. The second kappa shape index (κ2) is 34.1. The number of aliphatic carboxylic acids is 2. The van der Waals surface area contributed by atoms with Crippen molar-refractivity contribution in [3.63, 3.8) is 0 Å². The van der Waals surface area contributed by atoms with Gasteiger partial charge in [0.05, 0.1) is 51.6 Å². The third kappa shape index (κ3) is 24.2. The molecule has 0 aromatic heterocycles. The molecule has 0 aliphatic carbocycles. The van der Waals surface area contributed by atoms with Gasteiger partial charge in [0.1, 0.15) is 54.1 Å². The molecule has 29 nitrogen and oxygen atoms in total. The van der Waals surface area contributed by atoms with Crippen molar-refractivity contribution in [3.8, 4) is 5.75 Å². The zero-order valence-corrected chi connectivity index (χ0v) is 43.9. The summed E-state index contributed by atoms with van der Waals surface area (Å²) >= 11 is 0.749. The molecule has 8 atom stereocenters. The number of carboxylic acids is 2. The number of hydrogen-bond acceptors (Lipinski definition) is 17. The number of carboxylic acid groups (broad SMARTS) is 2. The summed E-state index contributed by atoms with van der Waals surface area (Å²) in [5.41, 5.74) is 11.8. The number of phenolic OH excluding ortho intramolecular Hbond substituents is 1. The molecule has 30 heteroatoms. The zero-order chi connectivity index (χ0) is 59.3. The molecule has 8 unspecified atom stereocenters. The van der Waals surface area contributed by atoms with Crippen LogP contribution in [0, 0.1) is 0 Å². The number of hydrogen-bond donors (Lipinski definition) is 14. The monoisotopic (exact) mass is 1140 g/mol. The van der Waals surface area contributed by atoms with Crippen LogP contribution in [0.1, 0.15) is 36.8 Å². The average Bonchev–Trinajstić information content (AvgIpc) is 3.40. The Bertz CT molecular complexity index is 2570. The molecule has 0 saturated carbocycles. The number of nitrogens with one attached hydrogen (secondary N) is 9. The molecule has 2 aromatic carbocycles. The first-order valence-electron chi connectivity index (χ1n) is 24.5. The lowest BCUT2D eigenvalue weighted by molar-refractivity contribution is -0.142. The molecule has 434 valence electrons. The molecule has 2 aromatic rings. The number of carbonyl (C=O) groups excluding carboxylic acids is 11. The maximum atomic E-state index is 14.2. The lowest BCUT2D eigenvalue weighted by Gasteiger charge is -2.26. The summed E-state index contributed by atoms with van der Waals surface area (Å²) in [7, 11) is 0. The van der Waals surface area contributed by atoms with Crippen LogP contribution in [0.2, 0.25) is 0 Å². The van der Waals surface area contributed by atoms with Crippen LogP contribution in [0.15, 0.2) is 79.9 Å². The molecule has 1 saturated heterocycles. The maximum absolute atomic E-state index is 14.2. The van der Waals surface area contributed by atoms with Crippen LogP contribution in [-0.2, 0) is 84.6 Å². The number of phenols is 1. The van der Waals surface area contributed by atoms with Crippen molar-refractivity contribution in [2.24, 2.45) is 11.5 Å². The van der Waals surface area contributed by atoms with E-state index in [-0.39, 0.29) is 36.7 Å². The van der Waals surface area contributed by atoms with Gasteiger partial charge in [-0.2, -0.15) is 0 Å². The highest BCUT2D eigenvalue weighted by Gasteiger charge is 2.36. The second-order valence-corrected chi connectivity index (χ2v) is 18.7. The van der Waals surface area contributed by atoms with E-state index in [4.69, 9.17) is 20.9 Å². The summed E-state index contributed by atoms with van der Waals surface area (Å²) in [6.07, 6.45) is -1.40. The van der Waals surface area contributed by atoms with Crippen LogP contribution in [0.25, 0.3) is 0 Å². The molecule has 1 heterocycles. The SMILES string of the molecule is C=CCOCC1NC(=O)CSCC(C(N)=O)NC(=O)C(COCC=C)NC(=O)C(CC(N)=O)NC(=O)C(CC(=O)O)NC(=O)C(Cc2ccc(O)cc2)NC(=O)CNC(=O)C(CCC(=O)O)NC(=O)C(Cc2ccccc2)NC1=O. The van der Waals surface area contributed by atoms with E-state index in [0.717, 1.165) is 11.8 Å². The molecule has 11 amide bonds. The van der Waals surface area contributed by atoms with Crippen molar-refractivity contribution in [3.05, 3.63) is 91.0 Å². The largest absolute Gasteiger partial charge is 0.508 e. The maximum Gasteiger partial charge on any atom is 0.305 e. The first-order valence-corrected chi connectivity index (χ1v) is 25.6. The van der Waals surface area contributed by atoms with E-state index in [1.807, 2.05) is 0 Å². The third-order valence-electron chi connectivity index (χ3n) is 11.2. The van der Waals surface area contributed by atoms with Gasteiger partial charge in [-0.15, -0.1) is 24.9 Å². The van der Waals surface area contributed by atoms with Crippen LogP contribution < -0.4 is 59.3 Å². The Hall–Kier alpha value is -8.90. The van der Waals surface area contributed by atoms with Crippen molar-refractivity contribution >= 4 is 88.7 Å². The molecule has 1 aliphatic heterocycles. The highest BCUT2D eigenvalue weighted by molar-refractivity contribution is 8.00. The molecule has 0 radical (unpaired) electrons. The Balaban J connectivity index is 2.15. The minimum atomic E-state index is -2.07. The van der Waals surface area contributed by atoms with Crippen molar-refractivity contribution in [2.75, 3.05) is 44.5 Å². The minimum Gasteiger partial charge on any atom is -0.508 e. The Morgan fingerprint density at radius 2 is 1.02 bits per heavy atom. The number of benzene rings is 2. The number of primary amides is 2. The van der Waals surface area contributed by atoms with E-state index in [1.165, 1.54) is 36.4 Å². The fourth-order valence-electron chi connectivity index (χ4n) is 7.24. The molecule has 0 bridgehead atoms. The second-order valence-electron chi connectivity index (χ2n) is 17.7. The van der Waals surface area contributed by atoms with E-state index >= 15 is 0 Å². The standard InChI is InChI=1S/C50H65N11O18S/c1-3-16-78-23-35-49(76)57-32(18-27-8-6-5-7-9-27)46(73)56-30(14-15-41(66)67)44(71)53-22-39(64)54-31(19-28-10-12-29(62)13-11-28)45(72)59-34(21-42(68)69)48(75)58-33(20-38(51)63)47(74)60-36(24-79-17-4-2)50(77)61-37(43(52)70)25-80-26-40(65)55-35/h3-13,30-37,62H,1-2,14-26H2,(H2,51,63)(H2,52,70)(H,53,71)(H,54,64)(H,55,65)(H,56,73)(H,57,76)(H,58,75)(H,59,72)(H,60,74)(H,61,77)(H,66,67)(H,68,69). The summed E-state index contributed by atoms with van der Waals surface area (Å²) < 4.78 is 10.9. The molecule has 0 spiro atoms. The van der Waals surface area contributed by atoms with E-state index in [0.29, 0.717) is 5.56 Å². The van der Waals surface area contributed by atoms with Crippen LogP contribution in [-0.4, -0.2) is 185 Å². The van der Waals surface area contributed by atoms with Crippen molar-refractivity contribution in [1.82, 2.24) is 47.9 Å². The topological polar surface area (TPSA) is 461 Å². The van der Waals surface area contributed by atoms with Gasteiger partial charge in [0.25, 0.3) is 0 Å². The summed E-state index contributed by atoms with van der Waals surface area (Å²) in [4.78, 5) is 173. The average molecular weight is 1140 g/mol. The molecule has 3 rings (SSSR count). The Labute approximate surface area is 461 Å². The van der Waals surface area contributed by atoms with Crippen molar-refractivity contribution in [1.29, 1.82) is 0 Å². The van der Waals surface area contributed by atoms with Crippen LogP contribution >= 0.6 is 11.8 Å². The minimum absolute atomic E-state index is 0.0965. The van der Waals surface area contributed by atoms with Crippen molar-refractivity contribution < 1.29 is 87.1 Å². The fraction of sp³-hybridized carbons (Fsp3) is 0.420. The number of nitrogens with two attached hydrogens (primary N) is 2. The quantitative estimate of drug-likeness (QED) is 0.0436. The number of ether oxygens (including phenoxy) is 2. The lowest BCUT2D eigenvalue weighted by atomic mass is 10.0. The zero-order valence-electron chi connectivity index (χ0n) is 43.1. The molecule has 80 heavy (non-hydrogen) atoms.